The zero-order valence-electron chi connectivity index (χ0n) is 12.5. The zero-order valence-corrected chi connectivity index (χ0v) is 12.5. The molecule has 0 saturated heterocycles. The molecular formula is C17H18N2O2. The van der Waals surface area contributed by atoms with E-state index in [4.69, 9.17) is 4.74 Å². The number of fused-ring (bicyclic) bond motifs is 2. The summed E-state index contributed by atoms with van der Waals surface area (Å²) in [5.74, 6) is 0.864. The van der Waals surface area contributed by atoms with E-state index in [1.165, 1.54) is 16.7 Å². The van der Waals surface area contributed by atoms with E-state index in [1.54, 1.807) is 6.20 Å². The molecule has 1 unspecified atom stereocenters. The van der Waals surface area contributed by atoms with Gasteiger partial charge in [-0.15, -0.1) is 0 Å². The average molecular weight is 282 g/mol. The van der Waals surface area contributed by atoms with Crippen molar-refractivity contribution in [2.24, 2.45) is 0 Å². The van der Waals surface area contributed by atoms with Crippen molar-refractivity contribution in [2.75, 3.05) is 4.90 Å². The van der Waals surface area contributed by atoms with Crippen molar-refractivity contribution in [3.8, 4) is 0 Å². The molecular weight excluding hydrogens is 264 g/mol. The quantitative estimate of drug-likeness (QED) is 0.810. The minimum Gasteiger partial charge on any atom is -0.444 e. The van der Waals surface area contributed by atoms with Gasteiger partial charge in [0.2, 0.25) is 0 Å². The molecule has 3 rings (SSSR count). The molecule has 0 N–H and O–H groups in total. The van der Waals surface area contributed by atoms with Crippen molar-refractivity contribution in [3.63, 3.8) is 0 Å². The number of aromatic nitrogens is 1. The fourth-order valence-corrected chi connectivity index (χ4v) is 2.91. The van der Waals surface area contributed by atoms with E-state index in [9.17, 15) is 4.79 Å². The average Bonchev–Trinajstić information content (AvgIpc) is 2.49. The van der Waals surface area contributed by atoms with Crippen LogP contribution in [0.4, 0.5) is 11.5 Å². The van der Waals surface area contributed by atoms with Gasteiger partial charge in [0, 0.05) is 18.3 Å². The summed E-state index contributed by atoms with van der Waals surface area (Å²) < 4.78 is 5.17. The monoisotopic (exact) mass is 282 g/mol. The van der Waals surface area contributed by atoms with E-state index in [0.29, 0.717) is 6.47 Å². The largest absolute Gasteiger partial charge is 0.444 e. The third-order valence-electron chi connectivity index (χ3n) is 4.18. The summed E-state index contributed by atoms with van der Waals surface area (Å²) in [6.07, 6.45) is 2.24. The van der Waals surface area contributed by atoms with Crippen LogP contribution in [0.2, 0.25) is 0 Å². The van der Waals surface area contributed by atoms with Crippen molar-refractivity contribution < 1.29 is 9.53 Å². The molecule has 2 heterocycles. The van der Waals surface area contributed by atoms with Gasteiger partial charge in [-0.3, -0.25) is 9.69 Å². The minimum atomic E-state index is -0.391. The molecule has 0 radical (unpaired) electrons. The lowest BCUT2D eigenvalue weighted by molar-refractivity contribution is -0.132. The first-order chi connectivity index (χ1) is 10.1. The number of hydrogen-bond donors (Lipinski definition) is 0. The van der Waals surface area contributed by atoms with Gasteiger partial charge in [-0.2, -0.15) is 0 Å². The smallest absolute Gasteiger partial charge is 0.295 e. The number of hydrogen-bond acceptors (Lipinski definition) is 4. The Labute approximate surface area is 124 Å². The number of carbonyl (C=O) groups is 1. The SMILES string of the molecule is Cc1ccc2c(c1C)Cc1cccnc1N2C(C)OC=O. The number of anilines is 2. The van der Waals surface area contributed by atoms with E-state index in [2.05, 4.69) is 37.0 Å². The fourth-order valence-electron chi connectivity index (χ4n) is 2.91. The van der Waals surface area contributed by atoms with E-state index < -0.39 is 6.23 Å². The number of aryl methyl sites for hydroxylation is 1. The summed E-state index contributed by atoms with van der Waals surface area (Å²) in [4.78, 5) is 17.2. The summed E-state index contributed by atoms with van der Waals surface area (Å²) >= 11 is 0. The molecule has 0 saturated carbocycles. The number of nitrogens with zero attached hydrogens (tertiary/aromatic N) is 2. The van der Waals surface area contributed by atoms with Crippen LogP contribution in [0.3, 0.4) is 0 Å². The Hall–Kier alpha value is -2.36. The van der Waals surface area contributed by atoms with Gasteiger partial charge in [0.25, 0.3) is 6.47 Å². The van der Waals surface area contributed by atoms with Gasteiger partial charge in [-0.25, -0.2) is 4.98 Å². The summed E-state index contributed by atoms with van der Waals surface area (Å²) in [5, 5.41) is 0. The van der Waals surface area contributed by atoms with Crippen molar-refractivity contribution >= 4 is 18.0 Å². The Bertz CT molecular complexity index is 697. The van der Waals surface area contributed by atoms with Gasteiger partial charge in [-0.05, 0) is 55.2 Å². The van der Waals surface area contributed by atoms with E-state index in [1.807, 2.05) is 17.9 Å². The maximum absolute atomic E-state index is 10.7. The number of pyridine rings is 1. The topological polar surface area (TPSA) is 42.4 Å². The third-order valence-corrected chi connectivity index (χ3v) is 4.18. The van der Waals surface area contributed by atoms with Gasteiger partial charge in [0.15, 0.2) is 6.23 Å². The second-order valence-electron chi connectivity index (χ2n) is 5.37. The molecule has 2 aromatic rings. The lowest BCUT2D eigenvalue weighted by atomic mass is 9.92. The van der Waals surface area contributed by atoms with Gasteiger partial charge in [0.1, 0.15) is 5.82 Å². The Morgan fingerprint density at radius 3 is 2.90 bits per heavy atom. The second kappa shape index (κ2) is 5.20. The van der Waals surface area contributed by atoms with Crippen LogP contribution in [-0.4, -0.2) is 17.7 Å². The number of ether oxygens (including phenoxy) is 1. The van der Waals surface area contributed by atoms with Crippen LogP contribution in [0.25, 0.3) is 0 Å². The molecule has 1 aliphatic heterocycles. The van der Waals surface area contributed by atoms with Crippen molar-refractivity contribution in [1.29, 1.82) is 0 Å². The number of carbonyl (C=O) groups excluding carboxylic acids is 1. The molecule has 4 heteroatoms. The molecule has 0 bridgehead atoms. The summed E-state index contributed by atoms with van der Waals surface area (Å²) in [6.45, 7) is 6.60. The summed E-state index contributed by atoms with van der Waals surface area (Å²) in [5.41, 5.74) is 6.05. The predicted molar refractivity (Wildman–Crippen MR) is 81.7 cm³/mol. The molecule has 0 amide bonds. The highest BCUT2D eigenvalue weighted by molar-refractivity contribution is 5.74. The molecule has 1 aromatic carbocycles. The van der Waals surface area contributed by atoms with Crippen LogP contribution in [-0.2, 0) is 16.0 Å². The molecule has 0 aliphatic carbocycles. The first-order valence-electron chi connectivity index (χ1n) is 7.04. The number of benzene rings is 1. The lowest BCUT2D eigenvalue weighted by Gasteiger charge is -2.36. The maximum Gasteiger partial charge on any atom is 0.295 e. The molecule has 1 aliphatic rings. The fraction of sp³-hybridized carbons (Fsp3) is 0.294. The molecule has 21 heavy (non-hydrogen) atoms. The highest BCUT2D eigenvalue weighted by atomic mass is 16.5. The first kappa shape index (κ1) is 13.6. The molecule has 0 fully saturated rings. The molecule has 108 valence electrons. The van der Waals surface area contributed by atoms with Gasteiger partial charge < -0.3 is 4.74 Å². The summed E-state index contributed by atoms with van der Waals surface area (Å²) in [6, 6.07) is 8.20. The van der Waals surface area contributed by atoms with Crippen molar-refractivity contribution in [1.82, 2.24) is 4.98 Å². The Balaban J connectivity index is 2.20. The van der Waals surface area contributed by atoms with Gasteiger partial charge >= 0.3 is 0 Å². The molecule has 4 nitrogen and oxygen atoms in total. The zero-order chi connectivity index (χ0) is 15.0. The Morgan fingerprint density at radius 2 is 2.14 bits per heavy atom. The standard InChI is InChI=1S/C17H18N2O2/c1-11-6-7-16-15(12(11)2)9-14-5-4-8-18-17(14)19(16)13(3)21-10-20/h4-8,10,13H,9H2,1-3H3. The van der Waals surface area contributed by atoms with Crippen LogP contribution < -0.4 is 4.90 Å². The molecule has 1 atom stereocenters. The predicted octanol–water partition coefficient (Wildman–Crippen LogP) is 3.26. The highest BCUT2D eigenvalue weighted by Crippen LogP contribution is 2.40. The van der Waals surface area contributed by atoms with Crippen LogP contribution in [0.1, 0.15) is 29.2 Å². The maximum atomic E-state index is 10.7. The molecule has 1 aromatic heterocycles. The second-order valence-corrected chi connectivity index (χ2v) is 5.37. The van der Waals surface area contributed by atoms with Gasteiger partial charge in [0.05, 0.1) is 0 Å². The van der Waals surface area contributed by atoms with E-state index in [0.717, 1.165) is 23.5 Å². The normalized spacial score (nSPS) is 14.1. The first-order valence-corrected chi connectivity index (χ1v) is 7.04. The van der Waals surface area contributed by atoms with Crippen LogP contribution in [0.5, 0.6) is 0 Å². The van der Waals surface area contributed by atoms with Crippen molar-refractivity contribution in [3.05, 3.63) is 52.7 Å². The van der Waals surface area contributed by atoms with Crippen LogP contribution in [0.15, 0.2) is 30.5 Å². The summed E-state index contributed by atoms with van der Waals surface area (Å²) in [7, 11) is 0. The lowest BCUT2D eigenvalue weighted by Crippen LogP contribution is -2.35. The Kier molecular flexibility index (Phi) is 3.37. The number of rotatable bonds is 3. The third kappa shape index (κ3) is 2.17. The Morgan fingerprint density at radius 1 is 1.33 bits per heavy atom. The van der Waals surface area contributed by atoms with E-state index in [-0.39, 0.29) is 0 Å². The van der Waals surface area contributed by atoms with Crippen molar-refractivity contribution in [2.45, 2.75) is 33.4 Å². The highest BCUT2D eigenvalue weighted by Gasteiger charge is 2.29. The molecule has 0 spiro atoms. The van der Waals surface area contributed by atoms with Gasteiger partial charge in [-0.1, -0.05) is 12.1 Å². The van der Waals surface area contributed by atoms with E-state index >= 15 is 0 Å². The van der Waals surface area contributed by atoms with Crippen LogP contribution in [0, 0.1) is 13.8 Å². The van der Waals surface area contributed by atoms with Crippen LogP contribution >= 0.6 is 0 Å². The minimum absolute atomic E-state index is 0.391.